The van der Waals surface area contributed by atoms with Crippen molar-refractivity contribution in [2.75, 3.05) is 26.4 Å². The summed E-state index contributed by atoms with van der Waals surface area (Å²) in [4.78, 5) is 24.7. The van der Waals surface area contributed by atoms with Gasteiger partial charge in [-0.15, -0.1) is 0 Å². The second kappa shape index (κ2) is 21.6. The summed E-state index contributed by atoms with van der Waals surface area (Å²) in [5, 5.41) is 10.8. The van der Waals surface area contributed by atoms with E-state index >= 15 is 0 Å². The number of esters is 2. The van der Waals surface area contributed by atoms with Crippen molar-refractivity contribution in [3.8, 4) is 5.75 Å². The fourth-order valence-corrected chi connectivity index (χ4v) is 5.20. The van der Waals surface area contributed by atoms with Gasteiger partial charge in [0.25, 0.3) is 0 Å². The quantitative estimate of drug-likeness (QED) is 0.0989. The van der Waals surface area contributed by atoms with Crippen LogP contribution in [-0.4, -0.2) is 43.5 Å². The normalized spacial score (nSPS) is 12.0. The molecule has 1 N–H and O–H groups in total. The van der Waals surface area contributed by atoms with Gasteiger partial charge < -0.3 is 19.3 Å². The Hall–Kier alpha value is -2.08. The minimum atomic E-state index is -0.450. The summed E-state index contributed by atoms with van der Waals surface area (Å²) in [7, 11) is 0. The van der Waals surface area contributed by atoms with Crippen molar-refractivity contribution in [3.05, 3.63) is 28.8 Å². The predicted octanol–water partition coefficient (Wildman–Crippen LogP) is 9.97. The highest BCUT2D eigenvalue weighted by Crippen LogP contribution is 2.39. The highest BCUT2D eigenvalue weighted by Gasteiger charge is 2.28. The van der Waals surface area contributed by atoms with Crippen LogP contribution in [0.4, 0.5) is 0 Å². The standard InChI is InChI=1S/C37H64O6/c1-8-9-10-11-12-13-14-15-16-17-18-19-20-21-22-23-33(38)42-26-24-41-25-27-43-35(40)30-28-31(36(2,3)4)34(39)32(29-30)37(5,6)7/h28-29,39H,8-27H2,1-7H3. The summed E-state index contributed by atoms with van der Waals surface area (Å²) in [6, 6.07) is 3.43. The third kappa shape index (κ3) is 17.7. The van der Waals surface area contributed by atoms with Crippen LogP contribution >= 0.6 is 0 Å². The van der Waals surface area contributed by atoms with Crippen LogP contribution in [0.2, 0.25) is 0 Å². The van der Waals surface area contributed by atoms with E-state index in [0.717, 1.165) is 12.8 Å². The van der Waals surface area contributed by atoms with E-state index in [0.29, 0.717) is 23.1 Å². The fraction of sp³-hybridized carbons (Fsp3) is 0.784. The van der Waals surface area contributed by atoms with Gasteiger partial charge >= 0.3 is 11.9 Å². The van der Waals surface area contributed by atoms with Gasteiger partial charge in [0.2, 0.25) is 0 Å². The maximum Gasteiger partial charge on any atom is 0.338 e. The highest BCUT2D eigenvalue weighted by atomic mass is 16.6. The van der Waals surface area contributed by atoms with Gasteiger partial charge in [-0.3, -0.25) is 4.79 Å². The van der Waals surface area contributed by atoms with Gasteiger partial charge in [-0.25, -0.2) is 4.79 Å². The van der Waals surface area contributed by atoms with Crippen LogP contribution in [0.15, 0.2) is 12.1 Å². The van der Waals surface area contributed by atoms with Crippen LogP contribution in [0.1, 0.15) is 173 Å². The topological polar surface area (TPSA) is 82.1 Å². The summed E-state index contributed by atoms with van der Waals surface area (Å²) in [5.41, 5.74) is 1.20. The zero-order valence-electron chi connectivity index (χ0n) is 28.8. The van der Waals surface area contributed by atoms with Gasteiger partial charge in [0.05, 0.1) is 18.8 Å². The molecule has 0 aliphatic rings. The molecule has 0 aliphatic heterocycles. The molecule has 1 rings (SSSR count). The molecular formula is C37H64O6. The third-order valence-corrected chi connectivity index (χ3v) is 7.90. The minimum Gasteiger partial charge on any atom is -0.507 e. The number of hydrogen-bond donors (Lipinski definition) is 1. The molecule has 1 aromatic rings. The van der Waals surface area contributed by atoms with Crippen LogP contribution in [-0.2, 0) is 29.8 Å². The van der Waals surface area contributed by atoms with Crippen LogP contribution in [0.25, 0.3) is 0 Å². The molecule has 0 unspecified atom stereocenters. The Kier molecular flexibility index (Phi) is 19.6. The van der Waals surface area contributed by atoms with Crippen molar-refractivity contribution in [1.82, 2.24) is 0 Å². The number of hydrogen-bond acceptors (Lipinski definition) is 6. The summed E-state index contributed by atoms with van der Waals surface area (Å²) in [6.45, 7) is 15.1. The monoisotopic (exact) mass is 604 g/mol. The zero-order valence-corrected chi connectivity index (χ0v) is 28.8. The molecule has 0 saturated carbocycles. The maximum atomic E-state index is 12.7. The fourth-order valence-electron chi connectivity index (χ4n) is 5.20. The number of carbonyl (C=O) groups excluding carboxylic acids is 2. The summed E-state index contributed by atoms with van der Waals surface area (Å²) in [6.07, 6.45) is 20.0. The second-order valence-electron chi connectivity index (χ2n) is 14.1. The number of phenolic OH excluding ortho intramolecular Hbond substituents is 1. The zero-order chi connectivity index (χ0) is 32.1. The van der Waals surface area contributed by atoms with Gasteiger partial charge in [-0.1, -0.05) is 138 Å². The first kappa shape index (κ1) is 38.9. The van der Waals surface area contributed by atoms with Crippen molar-refractivity contribution < 1.29 is 28.9 Å². The van der Waals surface area contributed by atoms with E-state index in [4.69, 9.17) is 14.2 Å². The average Bonchev–Trinajstić information content (AvgIpc) is 2.93. The van der Waals surface area contributed by atoms with E-state index in [-0.39, 0.29) is 49.0 Å². The molecule has 0 aliphatic carbocycles. The summed E-state index contributed by atoms with van der Waals surface area (Å²) >= 11 is 0. The molecule has 0 aromatic heterocycles. The Morgan fingerprint density at radius 3 is 1.42 bits per heavy atom. The molecule has 0 fully saturated rings. The van der Waals surface area contributed by atoms with Gasteiger partial charge in [0, 0.05) is 17.5 Å². The van der Waals surface area contributed by atoms with Crippen molar-refractivity contribution >= 4 is 11.9 Å². The van der Waals surface area contributed by atoms with E-state index in [1.54, 1.807) is 12.1 Å². The van der Waals surface area contributed by atoms with E-state index in [1.165, 1.54) is 83.5 Å². The first-order valence-electron chi connectivity index (χ1n) is 17.2. The molecule has 0 amide bonds. The number of ether oxygens (including phenoxy) is 3. The van der Waals surface area contributed by atoms with E-state index in [1.807, 2.05) is 41.5 Å². The predicted molar refractivity (Wildman–Crippen MR) is 177 cm³/mol. The number of phenols is 1. The van der Waals surface area contributed by atoms with Gasteiger partial charge in [-0.05, 0) is 29.4 Å². The number of benzene rings is 1. The Bertz CT molecular complexity index is 874. The molecule has 6 heteroatoms. The third-order valence-electron chi connectivity index (χ3n) is 7.90. The smallest absolute Gasteiger partial charge is 0.338 e. The molecule has 248 valence electrons. The van der Waals surface area contributed by atoms with E-state index in [9.17, 15) is 14.7 Å². The SMILES string of the molecule is CCCCCCCCCCCCCCCCCC(=O)OCCOCCOC(=O)c1cc(C(C)(C)C)c(O)c(C(C)(C)C)c1. The largest absolute Gasteiger partial charge is 0.507 e. The van der Waals surface area contributed by atoms with Gasteiger partial charge in [-0.2, -0.15) is 0 Å². The lowest BCUT2D eigenvalue weighted by molar-refractivity contribution is -0.145. The molecular weight excluding hydrogens is 540 g/mol. The molecule has 1 aromatic carbocycles. The molecule has 43 heavy (non-hydrogen) atoms. The summed E-state index contributed by atoms with van der Waals surface area (Å²) in [5.74, 6) is -0.398. The number of carbonyl (C=O) groups is 2. The molecule has 0 atom stereocenters. The second-order valence-corrected chi connectivity index (χ2v) is 14.1. The lowest BCUT2D eigenvalue weighted by atomic mass is 9.78. The first-order chi connectivity index (χ1) is 20.4. The molecule has 0 spiro atoms. The average molecular weight is 605 g/mol. The molecule has 0 heterocycles. The maximum absolute atomic E-state index is 12.7. The lowest BCUT2D eigenvalue weighted by Gasteiger charge is -2.27. The van der Waals surface area contributed by atoms with Crippen LogP contribution in [0.3, 0.4) is 0 Å². The molecule has 6 nitrogen and oxygen atoms in total. The Balaban J connectivity index is 2.08. The van der Waals surface area contributed by atoms with Crippen LogP contribution in [0, 0.1) is 0 Å². The molecule has 0 saturated heterocycles. The Morgan fingerprint density at radius 1 is 0.605 bits per heavy atom. The number of aromatic hydroxyl groups is 1. The first-order valence-corrected chi connectivity index (χ1v) is 17.2. The molecule has 0 radical (unpaired) electrons. The van der Waals surface area contributed by atoms with E-state index in [2.05, 4.69) is 6.92 Å². The van der Waals surface area contributed by atoms with Gasteiger partial charge in [0.1, 0.15) is 19.0 Å². The summed E-state index contributed by atoms with van der Waals surface area (Å²) < 4.78 is 16.2. The Labute approximate surface area is 263 Å². The molecule has 0 bridgehead atoms. The van der Waals surface area contributed by atoms with Crippen molar-refractivity contribution in [2.24, 2.45) is 0 Å². The minimum absolute atomic E-state index is 0.0997. The number of rotatable bonds is 23. The van der Waals surface area contributed by atoms with E-state index < -0.39 is 5.97 Å². The van der Waals surface area contributed by atoms with Crippen molar-refractivity contribution in [3.63, 3.8) is 0 Å². The highest BCUT2D eigenvalue weighted by molar-refractivity contribution is 5.90. The van der Waals surface area contributed by atoms with Gasteiger partial charge in [0.15, 0.2) is 0 Å². The van der Waals surface area contributed by atoms with Crippen molar-refractivity contribution in [2.45, 2.75) is 162 Å². The van der Waals surface area contributed by atoms with Crippen LogP contribution in [0.5, 0.6) is 5.75 Å². The lowest BCUT2D eigenvalue weighted by Crippen LogP contribution is -2.20. The Morgan fingerprint density at radius 2 is 1.00 bits per heavy atom. The van der Waals surface area contributed by atoms with Crippen molar-refractivity contribution in [1.29, 1.82) is 0 Å². The number of unbranched alkanes of at least 4 members (excludes halogenated alkanes) is 14. The van der Waals surface area contributed by atoms with Crippen LogP contribution < -0.4 is 0 Å².